The molecule has 20 heavy (non-hydrogen) atoms. The number of methoxy groups -OCH3 is 1. The summed E-state index contributed by atoms with van der Waals surface area (Å²) in [6, 6.07) is 0. The van der Waals surface area contributed by atoms with Crippen LogP contribution in [-0.2, 0) is 4.74 Å². The van der Waals surface area contributed by atoms with Gasteiger partial charge in [-0.2, -0.15) is 14.5 Å². The highest BCUT2D eigenvalue weighted by atomic mass is 19.1. The number of amides is 1. The molecule has 0 saturated carbocycles. The van der Waals surface area contributed by atoms with Crippen molar-refractivity contribution in [2.24, 2.45) is 0 Å². The summed E-state index contributed by atoms with van der Waals surface area (Å²) < 4.78 is 18.0. The number of hydrogen-bond donors (Lipinski definition) is 3. The van der Waals surface area contributed by atoms with E-state index in [2.05, 4.69) is 42.5 Å². The van der Waals surface area contributed by atoms with Crippen LogP contribution >= 0.6 is 0 Å². The predicted molar refractivity (Wildman–Crippen MR) is 71.1 cm³/mol. The number of aromatic nitrogens is 4. The number of fused-ring (bicyclic) bond motifs is 1. The topological polar surface area (TPSA) is 105 Å². The lowest BCUT2D eigenvalue weighted by Gasteiger charge is -2.07. The largest absolute Gasteiger partial charge is 0.453 e. The molecule has 0 spiro atoms. The Morgan fingerprint density at radius 1 is 1.40 bits per heavy atom. The van der Waals surface area contributed by atoms with Gasteiger partial charge in [-0.25, -0.2) is 9.78 Å². The maximum atomic E-state index is 13.5. The van der Waals surface area contributed by atoms with E-state index in [1.54, 1.807) is 0 Å². The SMILES string of the molecule is CCCCNc1nc(NC(=O)OC)nc2c(F)[nH]nc12. The second kappa shape index (κ2) is 6.13. The van der Waals surface area contributed by atoms with E-state index in [4.69, 9.17) is 0 Å². The van der Waals surface area contributed by atoms with Gasteiger partial charge in [-0.3, -0.25) is 10.4 Å². The number of nitrogens with one attached hydrogen (secondary N) is 3. The highest BCUT2D eigenvalue weighted by Gasteiger charge is 2.15. The van der Waals surface area contributed by atoms with Crippen LogP contribution in [0, 0.1) is 5.95 Å². The van der Waals surface area contributed by atoms with Crippen LogP contribution in [0.15, 0.2) is 0 Å². The van der Waals surface area contributed by atoms with Crippen LogP contribution in [0.1, 0.15) is 19.8 Å². The summed E-state index contributed by atoms with van der Waals surface area (Å²) in [7, 11) is 1.21. The number of ether oxygens (including phenoxy) is 1. The van der Waals surface area contributed by atoms with Crippen LogP contribution in [0.4, 0.5) is 21.0 Å². The first-order valence-electron chi connectivity index (χ1n) is 6.16. The van der Waals surface area contributed by atoms with Crippen molar-refractivity contribution < 1.29 is 13.9 Å². The van der Waals surface area contributed by atoms with Gasteiger partial charge in [0.1, 0.15) is 0 Å². The summed E-state index contributed by atoms with van der Waals surface area (Å²) in [6.45, 7) is 2.71. The third-order valence-electron chi connectivity index (χ3n) is 2.58. The first-order valence-corrected chi connectivity index (χ1v) is 6.16. The van der Waals surface area contributed by atoms with Gasteiger partial charge in [-0.05, 0) is 6.42 Å². The molecule has 108 valence electrons. The molecule has 8 nitrogen and oxygen atoms in total. The Kier molecular flexibility index (Phi) is 4.28. The molecular weight excluding hydrogens is 267 g/mol. The molecular formula is C11H15FN6O2. The molecule has 3 N–H and O–H groups in total. The highest BCUT2D eigenvalue weighted by Crippen LogP contribution is 2.21. The minimum Gasteiger partial charge on any atom is -0.453 e. The molecule has 0 fully saturated rings. The molecule has 2 aromatic heterocycles. The molecule has 0 aromatic carbocycles. The Morgan fingerprint density at radius 2 is 2.20 bits per heavy atom. The summed E-state index contributed by atoms with van der Waals surface area (Å²) in [4.78, 5) is 19.1. The average molecular weight is 282 g/mol. The molecule has 9 heteroatoms. The van der Waals surface area contributed by atoms with E-state index < -0.39 is 12.0 Å². The molecule has 0 saturated heterocycles. The van der Waals surface area contributed by atoms with Crippen LogP contribution in [0.3, 0.4) is 0 Å². The Labute approximate surface area is 114 Å². The van der Waals surface area contributed by atoms with Crippen LogP contribution in [0.5, 0.6) is 0 Å². The fraction of sp³-hybridized carbons (Fsp3) is 0.455. The van der Waals surface area contributed by atoms with Crippen molar-refractivity contribution in [3.8, 4) is 0 Å². The minimum absolute atomic E-state index is 0.00500. The van der Waals surface area contributed by atoms with Gasteiger partial charge in [0.25, 0.3) is 0 Å². The fourth-order valence-electron chi connectivity index (χ4n) is 1.58. The number of rotatable bonds is 5. The lowest BCUT2D eigenvalue weighted by molar-refractivity contribution is 0.186. The van der Waals surface area contributed by atoms with E-state index in [1.165, 1.54) is 7.11 Å². The van der Waals surface area contributed by atoms with E-state index in [9.17, 15) is 9.18 Å². The molecule has 0 unspecified atom stereocenters. The number of halogens is 1. The third kappa shape index (κ3) is 2.92. The highest BCUT2D eigenvalue weighted by molar-refractivity contribution is 5.89. The van der Waals surface area contributed by atoms with E-state index in [0.29, 0.717) is 12.4 Å². The molecule has 0 aliphatic rings. The first-order chi connectivity index (χ1) is 9.65. The molecule has 0 bridgehead atoms. The van der Waals surface area contributed by atoms with Gasteiger partial charge in [-0.15, -0.1) is 0 Å². The lowest BCUT2D eigenvalue weighted by atomic mass is 10.3. The monoisotopic (exact) mass is 282 g/mol. The van der Waals surface area contributed by atoms with Gasteiger partial charge >= 0.3 is 6.09 Å². The summed E-state index contributed by atoms with van der Waals surface area (Å²) in [5.74, 6) is -0.382. The van der Waals surface area contributed by atoms with Crippen molar-refractivity contribution in [1.29, 1.82) is 0 Å². The van der Waals surface area contributed by atoms with Crippen molar-refractivity contribution in [1.82, 2.24) is 20.2 Å². The summed E-state index contributed by atoms with van der Waals surface area (Å²) in [5, 5.41) is 11.3. The van der Waals surface area contributed by atoms with Gasteiger partial charge in [0.05, 0.1) is 7.11 Å². The number of carbonyl (C=O) groups is 1. The van der Waals surface area contributed by atoms with Crippen molar-refractivity contribution in [3.05, 3.63) is 5.95 Å². The van der Waals surface area contributed by atoms with Gasteiger partial charge < -0.3 is 10.1 Å². The molecule has 2 rings (SSSR count). The summed E-state index contributed by atoms with van der Waals surface area (Å²) in [6.07, 6.45) is 1.20. The molecule has 0 radical (unpaired) electrons. The maximum absolute atomic E-state index is 13.5. The number of carbonyl (C=O) groups excluding carboxylic acids is 1. The van der Waals surface area contributed by atoms with Crippen LogP contribution in [0.2, 0.25) is 0 Å². The number of hydrogen-bond acceptors (Lipinski definition) is 6. The maximum Gasteiger partial charge on any atom is 0.413 e. The number of unbranched alkanes of at least 4 members (excludes halogenated alkanes) is 1. The van der Waals surface area contributed by atoms with E-state index in [1.807, 2.05) is 0 Å². The average Bonchev–Trinajstić information content (AvgIpc) is 2.81. The van der Waals surface area contributed by atoms with Gasteiger partial charge in [0, 0.05) is 6.54 Å². The summed E-state index contributed by atoms with van der Waals surface area (Å²) in [5.41, 5.74) is 0.291. The molecule has 1 amide bonds. The van der Waals surface area contributed by atoms with E-state index in [-0.39, 0.29) is 17.0 Å². The number of anilines is 2. The van der Waals surface area contributed by atoms with Crippen molar-refractivity contribution in [2.75, 3.05) is 24.3 Å². The Hall–Kier alpha value is -2.45. The van der Waals surface area contributed by atoms with Crippen LogP contribution in [-0.4, -0.2) is 39.9 Å². The molecule has 2 heterocycles. The Morgan fingerprint density at radius 3 is 2.90 bits per heavy atom. The normalized spacial score (nSPS) is 10.6. The number of aromatic amines is 1. The quantitative estimate of drug-likeness (QED) is 0.723. The van der Waals surface area contributed by atoms with Crippen molar-refractivity contribution >= 4 is 28.9 Å². The minimum atomic E-state index is -0.729. The molecule has 2 aromatic rings. The van der Waals surface area contributed by atoms with Gasteiger partial charge in [0.2, 0.25) is 11.9 Å². The molecule has 0 aliphatic carbocycles. The second-order valence-corrected chi connectivity index (χ2v) is 4.03. The number of nitrogens with zero attached hydrogens (tertiary/aromatic N) is 3. The van der Waals surface area contributed by atoms with Gasteiger partial charge in [-0.1, -0.05) is 13.3 Å². The van der Waals surface area contributed by atoms with Crippen molar-refractivity contribution in [3.63, 3.8) is 0 Å². The van der Waals surface area contributed by atoms with Crippen LogP contribution < -0.4 is 10.6 Å². The zero-order valence-electron chi connectivity index (χ0n) is 11.2. The second-order valence-electron chi connectivity index (χ2n) is 4.03. The Balaban J connectivity index is 2.34. The zero-order chi connectivity index (χ0) is 14.5. The Bertz CT molecular complexity index is 614. The van der Waals surface area contributed by atoms with Crippen LogP contribution in [0.25, 0.3) is 11.0 Å². The molecule has 0 atom stereocenters. The van der Waals surface area contributed by atoms with E-state index >= 15 is 0 Å². The predicted octanol–water partition coefficient (Wildman–Crippen LogP) is 1.88. The molecule has 0 aliphatic heterocycles. The van der Waals surface area contributed by atoms with Gasteiger partial charge in [0.15, 0.2) is 16.9 Å². The van der Waals surface area contributed by atoms with Crippen molar-refractivity contribution in [2.45, 2.75) is 19.8 Å². The number of H-pyrrole nitrogens is 1. The zero-order valence-corrected chi connectivity index (χ0v) is 11.2. The van der Waals surface area contributed by atoms with E-state index in [0.717, 1.165) is 12.8 Å². The standard InChI is InChI=1S/C11H15FN6O2/c1-3-4-5-13-9-7-6(8(12)18-17-7)14-10(15-9)16-11(19)20-2/h3-5H2,1-2H3,(H,17,18)(H2,13,14,15,16,19). The first kappa shape index (κ1) is 14.0. The lowest BCUT2D eigenvalue weighted by Crippen LogP contribution is -2.15. The smallest absolute Gasteiger partial charge is 0.413 e. The summed E-state index contributed by atoms with van der Waals surface area (Å²) >= 11 is 0. The fourth-order valence-corrected chi connectivity index (χ4v) is 1.58. The third-order valence-corrected chi connectivity index (χ3v) is 2.58.